The SMILES string of the molecule is Cc1ncc([Si])nc1C. The smallest absolute Gasteiger partial charge is 0.102 e. The maximum Gasteiger partial charge on any atom is 0.102 e. The summed E-state index contributed by atoms with van der Waals surface area (Å²) in [5.41, 5.74) is 1.96. The molecule has 9 heavy (non-hydrogen) atoms. The summed E-state index contributed by atoms with van der Waals surface area (Å²) < 4.78 is 0. The van der Waals surface area contributed by atoms with Crippen LogP contribution in [0.1, 0.15) is 11.4 Å². The van der Waals surface area contributed by atoms with Crippen LogP contribution in [0.25, 0.3) is 0 Å². The van der Waals surface area contributed by atoms with Gasteiger partial charge in [-0.2, -0.15) is 0 Å². The third-order valence-electron chi connectivity index (χ3n) is 1.19. The average Bonchev–Trinajstić information content (AvgIpc) is 1.80. The van der Waals surface area contributed by atoms with E-state index in [1.807, 2.05) is 13.8 Å². The van der Waals surface area contributed by atoms with Crippen LogP contribution in [0.15, 0.2) is 6.20 Å². The number of rotatable bonds is 0. The third-order valence-corrected chi connectivity index (χ3v) is 1.43. The van der Waals surface area contributed by atoms with Gasteiger partial charge in [0.05, 0.1) is 11.4 Å². The zero-order valence-corrected chi connectivity index (χ0v) is 6.47. The van der Waals surface area contributed by atoms with Crippen molar-refractivity contribution in [3.05, 3.63) is 17.6 Å². The molecule has 0 aliphatic heterocycles. The fourth-order valence-corrected chi connectivity index (χ4v) is 0.774. The van der Waals surface area contributed by atoms with Gasteiger partial charge in [-0.3, -0.25) is 9.97 Å². The first-order valence-corrected chi connectivity index (χ1v) is 3.22. The Balaban J connectivity index is 3.17. The summed E-state index contributed by atoms with van der Waals surface area (Å²) in [6, 6.07) is 0. The topological polar surface area (TPSA) is 25.8 Å². The van der Waals surface area contributed by atoms with Gasteiger partial charge >= 0.3 is 0 Å². The molecule has 2 nitrogen and oxygen atoms in total. The number of aryl methyl sites for hydroxylation is 2. The van der Waals surface area contributed by atoms with Crippen LogP contribution in [0.4, 0.5) is 0 Å². The molecule has 0 fully saturated rings. The van der Waals surface area contributed by atoms with E-state index in [2.05, 4.69) is 20.2 Å². The Labute approximate surface area is 57.8 Å². The van der Waals surface area contributed by atoms with Gasteiger partial charge < -0.3 is 0 Å². The largest absolute Gasteiger partial charge is 0.260 e. The van der Waals surface area contributed by atoms with E-state index in [-0.39, 0.29) is 0 Å². The molecule has 0 aliphatic carbocycles. The lowest BCUT2D eigenvalue weighted by atomic mass is 10.4. The van der Waals surface area contributed by atoms with Gasteiger partial charge in [0.25, 0.3) is 0 Å². The van der Waals surface area contributed by atoms with Crippen molar-refractivity contribution >= 4 is 15.6 Å². The van der Waals surface area contributed by atoms with Crippen LogP contribution < -0.4 is 5.32 Å². The fraction of sp³-hybridized carbons (Fsp3) is 0.333. The molecule has 0 atom stereocenters. The maximum absolute atomic E-state index is 4.12. The molecule has 0 bridgehead atoms. The van der Waals surface area contributed by atoms with Crippen LogP contribution in [0, 0.1) is 13.8 Å². The van der Waals surface area contributed by atoms with Gasteiger partial charge in [-0.15, -0.1) is 0 Å². The molecule has 1 rings (SSSR count). The van der Waals surface area contributed by atoms with Crippen molar-refractivity contribution in [3.8, 4) is 0 Å². The van der Waals surface area contributed by atoms with E-state index in [0.717, 1.165) is 16.7 Å². The molecule has 1 aromatic heterocycles. The lowest BCUT2D eigenvalue weighted by molar-refractivity contribution is 1.07. The van der Waals surface area contributed by atoms with Crippen molar-refractivity contribution in [2.45, 2.75) is 13.8 Å². The lowest BCUT2D eigenvalue weighted by Crippen LogP contribution is -2.11. The van der Waals surface area contributed by atoms with Crippen molar-refractivity contribution in [1.29, 1.82) is 0 Å². The second kappa shape index (κ2) is 2.27. The van der Waals surface area contributed by atoms with Gasteiger partial charge in [-0.05, 0) is 13.8 Å². The molecule has 1 aromatic rings. The van der Waals surface area contributed by atoms with Crippen LogP contribution >= 0.6 is 0 Å². The first kappa shape index (κ1) is 6.42. The van der Waals surface area contributed by atoms with Crippen molar-refractivity contribution < 1.29 is 0 Å². The zero-order valence-electron chi connectivity index (χ0n) is 5.47. The maximum atomic E-state index is 4.12. The lowest BCUT2D eigenvalue weighted by Gasteiger charge is -1.96. The average molecular weight is 135 g/mol. The molecule has 0 saturated carbocycles. The molecule has 0 amide bonds. The molecule has 0 N–H and O–H groups in total. The summed E-state index contributed by atoms with van der Waals surface area (Å²) >= 11 is 0. The van der Waals surface area contributed by atoms with E-state index < -0.39 is 0 Å². The van der Waals surface area contributed by atoms with Crippen molar-refractivity contribution in [1.82, 2.24) is 9.97 Å². The van der Waals surface area contributed by atoms with E-state index >= 15 is 0 Å². The van der Waals surface area contributed by atoms with Crippen molar-refractivity contribution in [3.63, 3.8) is 0 Å². The highest BCUT2D eigenvalue weighted by Gasteiger charge is 1.92. The van der Waals surface area contributed by atoms with Crippen LogP contribution in [0.2, 0.25) is 0 Å². The Bertz CT molecular complexity index is 222. The minimum atomic E-state index is 0.790. The van der Waals surface area contributed by atoms with Gasteiger partial charge in [0.2, 0.25) is 0 Å². The fourth-order valence-electron chi connectivity index (χ4n) is 0.542. The van der Waals surface area contributed by atoms with E-state index in [1.54, 1.807) is 6.20 Å². The summed E-state index contributed by atoms with van der Waals surface area (Å²) in [6.45, 7) is 3.87. The number of nitrogens with zero attached hydrogens (tertiary/aromatic N) is 2. The third kappa shape index (κ3) is 1.35. The Hall–Kier alpha value is -0.703. The molecular weight excluding hydrogens is 128 g/mol. The quantitative estimate of drug-likeness (QED) is 0.464. The highest BCUT2D eigenvalue weighted by atomic mass is 28.1. The van der Waals surface area contributed by atoms with E-state index in [4.69, 9.17) is 0 Å². The summed E-state index contributed by atoms with van der Waals surface area (Å²) in [5, 5.41) is 0.790. The molecule has 0 saturated heterocycles. The van der Waals surface area contributed by atoms with Crippen LogP contribution in [-0.4, -0.2) is 20.2 Å². The Kier molecular flexibility index (Phi) is 1.62. The first-order valence-electron chi connectivity index (χ1n) is 2.72. The van der Waals surface area contributed by atoms with Crippen LogP contribution in [-0.2, 0) is 0 Å². The van der Waals surface area contributed by atoms with Gasteiger partial charge in [0.15, 0.2) is 0 Å². The minimum Gasteiger partial charge on any atom is -0.260 e. The first-order chi connectivity index (χ1) is 4.20. The van der Waals surface area contributed by atoms with Crippen LogP contribution in [0.5, 0.6) is 0 Å². The highest BCUT2D eigenvalue weighted by Crippen LogP contribution is 1.92. The second-order valence-corrected chi connectivity index (χ2v) is 2.44. The molecule has 3 radical (unpaired) electrons. The molecule has 0 unspecified atom stereocenters. The summed E-state index contributed by atoms with van der Waals surface area (Å²) in [4.78, 5) is 8.19. The van der Waals surface area contributed by atoms with Gasteiger partial charge in [-0.25, -0.2) is 0 Å². The summed E-state index contributed by atoms with van der Waals surface area (Å²) in [5.74, 6) is 0. The Morgan fingerprint density at radius 2 is 2.00 bits per heavy atom. The van der Waals surface area contributed by atoms with Gasteiger partial charge in [0.1, 0.15) is 10.2 Å². The molecule has 1 heterocycles. The van der Waals surface area contributed by atoms with E-state index in [0.29, 0.717) is 0 Å². The standard InChI is InChI=1S/C6H7N2Si/c1-4-5(2)8-6(9)3-7-4/h3H,1-2H3. The number of hydrogen-bond acceptors (Lipinski definition) is 2. The van der Waals surface area contributed by atoms with Gasteiger partial charge in [-0.1, -0.05) is 0 Å². The molecule has 0 aliphatic rings. The van der Waals surface area contributed by atoms with E-state index in [9.17, 15) is 0 Å². The predicted octanol–water partition coefficient (Wildman–Crippen LogP) is -0.113. The number of hydrogen-bond donors (Lipinski definition) is 0. The predicted molar refractivity (Wildman–Crippen MR) is 36.9 cm³/mol. The molecule has 0 spiro atoms. The molecule has 3 heteroatoms. The molecule has 0 aromatic carbocycles. The summed E-state index contributed by atoms with van der Waals surface area (Å²) in [6.07, 6.45) is 1.69. The van der Waals surface area contributed by atoms with Crippen molar-refractivity contribution in [2.75, 3.05) is 0 Å². The van der Waals surface area contributed by atoms with Gasteiger partial charge in [0, 0.05) is 11.5 Å². The normalized spacial score (nSPS) is 9.67. The molecule has 45 valence electrons. The minimum absolute atomic E-state index is 0.790. The highest BCUT2D eigenvalue weighted by molar-refractivity contribution is 6.30. The van der Waals surface area contributed by atoms with Crippen molar-refractivity contribution in [2.24, 2.45) is 0 Å². The monoisotopic (exact) mass is 135 g/mol. The van der Waals surface area contributed by atoms with E-state index in [1.165, 1.54) is 0 Å². The second-order valence-electron chi connectivity index (χ2n) is 1.93. The Morgan fingerprint density at radius 3 is 2.44 bits per heavy atom. The summed E-state index contributed by atoms with van der Waals surface area (Å²) in [7, 11) is 3.27. The Morgan fingerprint density at radius 1 is 1.33 bits per heavy atom. The zero-order chi connectivity index (χ0) is 6.85. The molecular formula is C6H7N2Si. The number of aromatic nitrogens is 2. The van der Waals surface area contributed by atoms with Crippen LogP contribution in [0.3, 0.4) is 0 Å².